The molecule has 0 aliphatic rings. The van der Waals surface area contributed by atoms with Crippen molar-refractivity contribution in [2.45, 2.75) is 44.6 Å². The summed E-state index contributed by atoms with van der Waals surface area (Å²) < 4.78 is 12.1. The number of carbonyl (C=O) groups is 1. The maximum Gasteiger partial charge on any atom is 0.407 e. The van der Waals surface area contributed by atoms with Crippen LogP contribution in [-0.4, -0.2) is 50.0 Å². The van der Waals surface area contributed by atoms with Crippen molar-refractivity contribution in [2.24, 2.45) is 0 Å². The molecule has 0 heterocycles. The molecule has 6 nitrogen and oxygen atoms in total. The van der Waals surface area contributed by atoms with Crippen LogP contribution in [-0.2, 0) is 15.8 Å². The number of benzene rings is 3. The van der Waals surface area contributed by atoms with Crippen molar-refractivity contribution >= 4 is 24.8 Å². The number of aliphatic hydroxyl groups is 2. The molecule has 1 unspecified atom stereocenters. The molecule has 0 aromatic heterocycles. The van der Waals surface area contributed by atoms with Gasteiger partial charge in [0, 0.05) is 0 Å². The van der Waals surface area contributed by atoms with E-state index in [0.717, 1.165) is 15.9 Å². The number of alkyl carbamates (subject to hydrolysis) is 1. The molecule has 0 saturated carbocycles. The van der Waals surface area contributed by atoms with E-state index < -0.39 is 33.2 Å². The van der Waals surface area contributed by atoms with Gasteiger partial charge in [-0.25, -0.2) is 4.79 Å². The number of amides is 1. The van der Waals surface area contributed by atoms with E-state index in [1.165, 1.54) is 0 Å². The van der Waals surface area contributed by atoms with Gasteiger partial charge < -0.3 is 24.7 Å². The summed E-state index contributed by atoms with van der Waals surface area (Å²) in [6.07, 6.45) is -1.89. The fraction of sp³-hybridized carbons (Fsp3) is 0.321. The summed E-state index contributed by atoms with van der Waals surface area (Å²) in [7, 11) is -2.88. The molecular formula is C28H35NO5Si. The van der Waals surface area contributed by atoms with Crippen LogP contribution in [0.4, 0.5) is 4.79 Å². The van der Waals surface area contributed by atoms with E-state index in [2.05, 4.69) is 50.4 Å². The van der Waals surface area contributed by atoms with Gasteiger partial charge in [0.2, 0.25) is 0 Å². The molecule has 0 aliphatic heterocycles. The second-order valence-electron chi connectivity index (χ2n) is 9.54. The predicted octanol–water partition coefficient (Wildman–Crippen LogP) is 3.21. The van der Waals surface area contributed by atoms with Gasteiger partial charge in [0.1, 0.15) is 6.61 Å². The third-order valence-corrected chi connectivity index (χ3v) is 11.1. The van der Waals surface area contributed by atoms with Crippen molar-refractivity contribution in [3.63, 3.8) is 0 Å². The summed E-state index contributed by atoms with van der Waals surface area (Å²) in [6, 6.07) is 28.7. The van der Waals surface area contributed by atoms with Crippen LogP contribution >= 0.6 is 0 Å². The van der Waals surface area contributed by atoms with Gasteiger partial charge >= 0.3 is 6.09 Å². The highest BCUT2D eigenvalue weighted by molar-refractivity contribution is 6.99. The number of rotatable bonds is 10. The van der Waals surface area contributed by atoms with Crippen LogP contribution in [0, 0.1) is 0 Å². The van der Waals surface area contributed by atoms with Crippen molar-refractivity contribution in [2.75, 3.05) is 13.2 Å². The Balaban J connectivity index is 1.85. The van der Waals surface area contributed by atoms with Crippen molar-refractivity contribution in [1.82, 2.24) is 5.32 Å². The van der Waals surface area contributed by atoms with Gasteiger partial charge in [-0.2, -0.15) is 0 Å². The van der Waals surface area contributed by atoms with E-state index >= 15 is 0 Å². The standard InChI is InChI=1S/C28H35NO5Si/c1-28(2,3)35(23-15-9-5-10-16-23,24-17-11-6-12-18-24)34-21-25(26(31)19-30)29-27(32)33-20-22-13-7-4-8-14-22/h4-18,25-26,30-31H,19-21H2,1-3H3,(H,29,32)/t25-,26?/m0/s1. The zero-order valence-corrected chi connectivity index (χ0v) is 21.6. The second kappa shape index (κ2) is 12.1. The Kier molecular flexibility index (Phi) is 9.23. The number of ether oxygens (including phenoxy) is 1. The lowest BCUT2D eigenvalue weighted by molar-refractivity contribution is 0.0404. The molecule has 2 atom stereocenters. The topological polar surface area (TPSA) is 88.0 Å². The first-order chi connectivity index (χ1) is 16.8. The quantitative estimate of drug-likeness (QED) is 0.378. The minimum Gasteiger partial charge on any atom is -0.445 e. The van der Waals surface area contributed by atoms with Gasteiger partial charge in [0.25, 0.3) is 8.32 Å². The number of aliphatic hydroxyl groups excluding tert-OH is 2. The number of hydrogen-bond acceptors (Lipinski definition) is 5. The molecule has 186 valence electrons. The number of carbonyl (C=O) groups excluding carboxylic acids is 1. The maximum absolute atomic E-state index is 12.5. The normalized spacial score (nSPS) is 13.6. The van der Waals surface area contributed by atoms with E-state index in [1.54, 1.807) is 0 Å². The molecule has 35 heavy (non-hydrogen) atoms. The Morgan fingerprint density at radius 1 is 0.886 bits per heavy atom. The van der Waals surface area contributed by atoms with Gasteiger partial charge in [0.05, 0.1) is 25.4 Å². The van der Waals surface area contributed by atoms with Crippen molar-refractivity contribution in [3.05, 3.63) is 96.6 Å². The van der Waals surface area contributed by atoms with Gasteiger partial charge in [0.15, 0.2) is 0 Å². The first-order valence-electron chi connectivity index (χ1n) is 11.8. The molecule has 3 aromatic carbocycles. The SMILES string of the molecule is CC(C)(C)[Si](OC[C@H](NC(=O)OCc1ccccc1)C(O)CO)(c1ccccc1)c1ccccc1. The van der Waals surface area contributed by atoms with Crippen molar-refractivity contribution in [1.29, 1.82) is 0 Å². The summed E-state index contributed by atoms with van der Waals surface area (Å²) in [4.78, 5) is 12.5. The fourth-order valence-corrected chi connectivity index (χ4v) is 8.85. The largest absolute Gasteiger partial charge is 0.445 e. The predicted molar refractivity (Wildman–Crippen MR) is 140 cm³/mol. The smallest absolute Gasteiger partial charge is 0.407 e. The van der Waals surface area contributed by atoms with E-state index in [-0.39, 0.29) is 18.3 Å². The molecule has 0 radical (unpaired) electrons. The summed E-state index contributed by atoms with van der Waals surface area (Å²) in [6.45, 7) is 6.04. The molecule has 0 spiro atoms. The van der Waals surface area contributed by atoms with Crippen LogP contribution in [0.2, 0.25) is 5.04 Å². The Bertz CT molecular complexity index is 1000. The van der Waals surface area contributed by atoms with Gasteiger partial charge in [-0.05, 0) is 21.0 Å². The van der Waals surface area contributed by atoms with Crippen molar-refractivity contribution < 1.29 is 24.2 Å². The Morgan fingerprint density at radius 3 is 1.83 bits per heavy atom. The Labute approximate surface area is 208 Å². The molecular weight excluding hydrogens is 458 g/mol. The Hall–Kier alpha value is -2.97. The third kappa shape index (κ3) is 6.58. The monoisotopic (exact) mass is 493 g/mol. The Morgan fingerprint density at radius 2 is 1.37 bits per heavy atom. The van der Waals surface area contributed by atoms with Crippen LogP contribution in [0.1, 0.15) is 26.3 Å². The molecule has 3 N–H and O–H groups in total. The molecule has 7 heteroatoms. The molecule has 0 bridgehead atoms. The molecule has 0 saturated heterocycles. The molecule has 3 aromatic rings. The van der Waals surface area contributed by atoms with Crippen LogP contribution in [0.15, 0.2) is 91.0 Å². The lowest BCUT2D eigenvalue weighted by Crippen LogP contribution is -2.68. The van der Waals surface area contributed by atoms with E-state index in [9.17, 15) is 15.0 Å². The molecule has 1 amide bonds. The highest BCUT2D eigenvalue weighted by Gasteiger charge is 2.50. The maximum atomic E-state index is 12.5. The van der Waals surface area contributed by atoms with Crippen LogP contribution in [0.25, 0.3) is 0 Å². The zero-order chi connectivity index (χ0) is 25.3. The van der Waals surface area contributed by atoms with Gasteiger partial charge in [-0.3, -0.25) is 0 Å². The fourth-order valence-electron chi connectivity index (χ4n) is 4.27. The molecule has 3 rings (SSSR count). The third-order valence-electron chi connectivity index (χ3n) is 6.06. The lowest BCUT2D eigenvalue weighted by Gasteiger charge is -2.44. The summed E-state index contributed by atoms with van der Waals surface area (Å²) in [5.74, 6) is 0. The lowest BCUT2D eigenvalue weighted by atomic mass is 10.2. The minimum atomic E-state index is -2.88. The van der Waals surface area contributed by atoms with Gasteiger partial charge in [-0.1, -0.05) is 112 Å². The van der Waals surface area contributed by atoms with E-state index in [0.29, 0.717) is 0 Å². The van der Waals surface area contributed by atoms with Gasteiger partial charge in [-0.15, -0.1) is 0 Å². The summed E-state index contributed by atoms with van der Waals surface area (Å²) in [5.41, 5.74) is 0.852. The minimum absolute atomic E-state index is 0.00937. The van der Waals surface area contributed by atoms with Crippen LogP contribution < -0.4 is 15.7 Å². The first-order valence-corrected chi connectivity index (χ1v) is 13.7. The summed E-state index contributed by atoms with van der Waals surface area (Å²) >= 11 is 0. The number of hydrogen-bond donors (Lipinski definition) is 3. The van der Waals surface area contributed by atoms with Crippen molar-refractivity contribution in [3.8, 4) is 0 Å². The highest BCUT2D eigenvalue weighted by Crippen LogP contribution is 2.36. The average Bonchev–Trinajstić information content (AvgIpc) is 2.87. The summed E-state index contributed by atoms with van der Waals surface area (Å²) in [5, 5.41) is 24.8. The van der Waals surface area contributed by atoms with E-state index in [4.69, 9.17) is 9.16 Å². The zero-order valence-electron chi connectivity index (χ0n) is 20.6. The molecule has 0 aliphatic carbocycles. The van der Waals surface area contributed by atoms with E-state index in [1.807, 2.05) is 66.7 Å². The second-order valence-corrected chi connectivity index (χ2v) is 13.8. The first kappa shape index (κ1) is 26.6. The number of nitrogens with one attached hydrogen (secondary N) is 1. The van der Waals surface area contributed by atoms with Crippen LogP contribution in [0.5, 0.6) is 0 Å². The molecule has 0 fully saturated rings. The van der Waals surface area contributed by atoms with Crippen LogP contribution in [0.3, 0.4) is 0 Å². The highest BCUT2D eigenvalue weighted by atomic mass is 28.4. The average molecular weight is 494 g/mol.